The van der Waals surface area contributed by atoms with Crippen LogP contribution < -0.4 is 4.74 Å². The van der Waals surface area contributed by atoms with E-state index in [-0.39, 0.29) is 5.92 Å². The second-order valence-corrected chi connectivity index (χ2v) is 9.40. The van der Waals surface area contributed by atoms with Gasteiger partial charge in [-0.3, -0.25) is 0 Å². The normalized spacial score (nSPS) is 16.5. The lowest BCUT2D eigenvalue weighted by atomic mass is 9.98. The van der Waals surface area contributed by atoms with Crippen molar-refractivity contribution in [2.24, 2.45) is 0 Å². The SMILES string of the molecule is COc1ccc(-c2nnc(C3CCN(S(=O)(=O)c4cccs4)CC3)o2)cc1. The van der Waals surface area contributed by atoms with Crippen molar-refractivity contribution < 1.29 is 17.6 Å². The van der Waals surface area contributed by atoms with Crippen LogP contribution in [0.3, 0.4) is 0 Å². The first-order valence-corrected chi connectivity index (χ1v) is 10.9. The number of ether oxygens (including phenoxy) is 1. The summed E-state index contributed by atoms with van der Waals surface area (Å²) in [7, 11) is -1.78. The van der Waals surface area contributed by atoms with Crippen LogP contribution in [0.1, 0.15) is 24.7 Å². The number of hydrogen-bond donors (Lipinski definition) is 0. The first-order chi connectivity index (χ1) is 13.1. The molecule has 7 nitrogen and oxygen atoms in total. The van der Waals surface area contributed by atoms with Crippen molar-refractivity contribution in [3.05, 3.63) is 47.7 Å². The van der Waals surface area contributed by atoms with Gasteiger partial charge in [0.1, 0.15) is 9.96 Å². The lowest BCUT2D eigenvalue weighted by Crippen LogP contribution is -2.37. The number of aromatic nitrogens is 2. The van der Waals surface area contributed by atoms with Crippen LogP contribution >= 0.6 is 11.3 Å². The molecule has 0 bridgehead atoms. The van der Waals surface area contributed by atoms with Gasteiger partial charge in [-0.15, -0.1) is 21.5 Å². The van der Waals surface area contributed by atoms with Gasteiger partial charge in [-0.25, -0.2) is 8.42 Å². The Kier molecular flexibility index (Phi) is 4.98. The Morgan fingerprint density at radius 1 is 1.15 bits per heavy atom. The molecule has 0 N–H and O–H groups in total. The topological polar surface area (TPSA) is 85.5 Å². The van der Waals surface area contributed by atoms with E-state index in [1.165, 1.54) is 15.6 Å². The van der Waals surface area contributed by atoms with Crippen molar-refractivity contribution in [2.45, 2.75) is 23.0 Å². The van der Waals surface area contributed by atoms with Gasteiger partial charge in [-0.05, 0) is 48.6 Å². The molecule has 0 atom stereocenters. The molecule has 142 valence electrons. The largest absolute Gasteiger partial charge is 0.497 e. The summed E-state index contributed by atoms with van der Waals surface area (Å²) in [5, 5.41) is 10.1. The summed E-state index contributed by atoms with van der Waals surface area (Å²) in [6.45, 7) is 0.899. The lowest BCUT2D eigenvalue weighted by Gasteiger charge is -2.29. The van der Waals surface area contributed by atoms with Crippen LogP contribution in [0, 0.1) is 0 Å². The second-order valence-electron chi connectivity index (χ2n) is 6.28. The van der Waals surface area contributed by atoms with Gasteiger partial charge in [-0.1, -0.05) is 6.07 Å². The third kappa shape index (κ3) is 3.62. The number of sulfonamides is 1. The first-order valence-electron chi connectivity index (χ1n) is 8.59. The Morgan fingerprint density at radius 2 is 1.89 bits per heavy atom. The molecule has 1 saturated heterocycles. The molecule has 0 aliphatic carbocycles. The Hall–Kier alpha value is -2.23. The Morgan fingerprint density at radius 3 is 2.52 bits per heavy atom. The highest BCUT2D eigenvalue weighted by Crippen LogP contribution is 2.32. The number of thiophene rings is 1. The van der Waals surface area contributed by atoms with Gasteiger partial charge >= 0.3 is 0 Å². The van der Waals surface area contributed by atoms with E-state index in [1.54, 1.807) is 24.6 Å². The maximum atomic E-state index is 12.6. The highest BCUT2D eigenvalue weighted by Gasteiger charge is 2.32. The summed E-state index contributed by atoms with van der Waals surface area (Å²) >= 11 is 1.24. The quantitative estimate of drug-likeness (QED) is 0.647. The molecule has 0 saturated carbocycles. The van der Waals surface area contributed by atoms with Crippen molar-refractivity contribution >= 4 is 21.4 Å². The zero-order valence-electron chi connectivity index (χ0n) is 14.7. The smallest absolute Gasteiger partial charge is 0.252 e. The summed E-state index contributed by atoms with van der Waals surface area (Å²) < 4.78 is 38.1. The van der Waals surface area contributed by atoms with Gasteiger partial charge in [0, 0.05) is 24.6 Å². The molecular weight excluding hydrogens is 386 g/mol. The van der Waals surface area contributed by atoms with Gasteiger partial charge in [-0.2, -0.15) is 4.31 Å². The number of rotatable bonds is 5. The van der Waals surface area contributed by atoms with Crippen LogP contribution in [0.5, 0.6) is 5.75 Å². The van der Waals surface area contributed by atoms with E-state index in [0.717, 1.165) is 11.3 Å². The number of piperidine rings is 1. The van der Waals surface area contributed by atoms with Crippen LogP contribution in [-0.4, -0.2) is 43.1 Å². The second kappa shape index (κ2) is 7.41. The summed E-state index contributed by atoms with van der Waals surface area (Å²) in [5.74, 6) is 1.85. The Labute approximate surface area is 161 Å². The third-order valence-electron chi connectivity index (χ3n) is 4.67. The van der Waals surface area contributed by atoms with Gasteiger partial charge in [0.25, 0.3) is 10.0 Å². The molecule has 4 rings (SSSR count). The van der Waals surface area contributed by atoms with E-state index in [0.29, 0.717) is 41.9 Å². The van der Waals surface area contributed by atoms with Gasteiger partial charge < -0.3 is 9.15 Å². The molecule has 3 heterocycles. The van der Waals surface area contributed by atoms with Crippen LogP contribution in [0.15, 0.2) is 50.4 Å². The van der Waals surface area contributed by atoms with E-state index in [1.807, 2.05) is 24.3 Å². The average molecular weight is 406 g/mol. The van der Waals surface area contributed by atoms with Crippen molar-refractivity contribution in [1.29, 1.82) is 0 Å². The number of hydrogen-bond acceptors (Lipinski definition) is 7. The molecule has 0 radical (unpaired) electrons. The third-order valence-corrected chi connectivity index (χ3v) is 7.94. The van der Waals surface area contributed by atoms with E-state index >= 15 is 0 Å². The molecular formula is C18H19N3O4S2. The molecule has 1 aliphatic heterocycles. The maximum Gasteiger partial charge on any atom is 0.252 e. The summed E-state index contributed by atoms with van der Waals surface area (Å²) in [5.41, 5.74) is 0.826. The molecule has 9 heteroatoms. The summed E-state index contributed by atoms with van der Waals surface area (Å²) in [6, 6.07) is 10.8. The number of benzene rings is 1. The van der Waals surface area contributed by atoms with Crippen LogP contribution in [0.25, 0.3) is 11.5 Å². The Bertz CT molecular complexity index is 990. The summed E-state index contributed by atoms with van der Waals surface area (Å²) in [6.07, 6.45) is 1.32. The minimum atomic E-state index is -3.40. The fourth-order valence-corrected chi connectivity index (χ4v) is 5.74. The predicted molar refractivity (Wildman–Crippen MR) is 101 cm³/mol. The Balaban J connectivity index is 1.44. The molecule has 0 amide bonds. The number of nitrogens with zero attached hydrogens (tertiary/aromatic N) is 3. The molecule has 27 heavy (non-hydrogen) atoms. The minimum absolute atomic E-state index is 0.0688. The molecule has 1 aliphatic rings. The van der Waals surface area contributed by atoms with Crippen molar-refractivity contribution in [3.63, 3.8) is 0 Å². The van der Waals surface area contributed by atoms with E-state index < -0.39 is 10.0 Å². The van der Waals surface area contributed by atoms with Gasteiger partial charge in [0.05, 0.1) is 7.11 Å². The monoisotopic (exact) mass is 405 g/mol. The van der Waals surface area contributed by atoms with E-state index in [9.17, 15) is 8.42 Å². The minimum Gasteiger partial charge on any atom is -0.497 e. The molecule has 2 aromatic heterocycles. The standard InChI is InChI=1S/C18H19N3O4S2/c1-24-15-6-4-13(5-7-15)17-19-20-18(25-17)14-8-10-21(11-9-14)27(22,23)16-3-2-12-26-16/h2-7,12,14H,8-11H2,1H3. The van der Waals surface area contributed by atoms with Gasteiger partial charge in [0.15, 0.2) is 0 Å². The van der Waals surface area contributed by atoms with Crippen molar-refractivity contribution in [3.8, 4) is 17.2 Å². The first kappa shape index (κ1) is 18.1. The van der Waals surface area contributed by atoms with Crippen LogP contribution in [0.4, 0.5) is 0 Å². The lowest BCUT2D eigenvalue weighted by molar-refractivity contribution is 0.292. The zero-order chi connectivity index (χ0) is 18.9. The van der Waals surface area contributed by atoms with Crippen LogP contribution in [0.2, 0.25) is 0 Å². The fourth-order valence-electron chi connectivity index (χ4n) is 3.13. The fraction of sp³-hybridized carbons (Fsp3) is 0.333. The number of methoxy groups -OCH3 is 1. The summed E-state index contributed by atoms with van der Waals surface area (Å²) in [4.78, 5) is 0. The molecule has 1 aromatic carbocycles. The molecule has 1 fully saturated rings. The predicted octanol–water partition coefficient (Wildman–Crippen LogP) is 3.38. The highest BCUT2D eigenvalue weighted by atomic mass is 32.2. The maximum absolute atomic E-state index is 12.6. The molecule has 0 spiro atoms. The van der Waals surface area contributed by atoms with Crippen molar-refractivity contribution in [2.75, 3.05) is 20.2 Å². The van der Waals surface area contributed by atoms with Gasteiger partial charge in [0.2, 0.25) is 11.8 Å². The average Bonchev–Trinajstić information content (AvgIpc) is 3.41. The van der Waals surface area contributed by atoms with E-state index in [4.69, 9.17) is 9.15 Å². The van der Waals surface area contributed by atoms with E-state index in [2.05, 4.69) is 10.2 Å². The molecule has 3 aromatic rings. The zero-order valence-corrected chi connectivity index (χ0v) is 16.4. The highest BCUT2D eigenvalue weighted by molar-refractivity contribution is 7.91. The van der Waals surface area contributed by atoms with Crippen LogP contribution in [-0.2, 0) is 10.0 Å². The van der Waals surface area contributed by atoms with Crippen molar-refractivity contribution in [1.82, 2.24) is 14.5 Å². The molecule has 0 unspecified atom stereocenters.